The van der Waals surface area contributed by atoms with Crippen molar-refractivity contribution in [3.05, 3.63) is 24.3 Å². The Bertz CT molecular complexity index is 551. The number of rotatable bonds is 10. The zero-order valence-corrected chi connectivity index (χ0v) is 14.1. The van der Waals surface area contributed by atoms with Crippen LogP contribution in [-0.4, -0.2) is 44.1 Å². The zero-order chi connectivity index (χ0) is 17.9. The van der Waals surface area contributed by atoms with Crippen LogP contribution in [0.25, 0.3) is 0 Å². The van der Waals surface area contributed by atoms with E-state index in [0.29, 0.717) is 17.9 Å². The fourth-order valence-electron chi connectivity index (χ4n) is 1.70. The lowest BCUT2D eigenvalue weighted by molar-refractivity contribution is -0.159. The summed E-state index contributed by atoms with van der Waals surface area (Å²) in [5.41, 5.74) is 0. The van der Waals surface area contributed by atoms with E-state index in [2.05, 4.69) is 4.74 Å². The summed E-state index contributed by atoms with van der Waals surface area (Å²) >= 11 is 0. The number of ether oxygens (including phenoxy) is 4. The van der Waals surface area contributed by atoms with Crippen LogP contribution in [0.15, 0.2) is 24.3 Å². The van der Waals surface area contributed by atoms with E-state index in [4.69, 9.17) is 14.2 Å². The predicted molar refractivity (Wildman–Crippen MR) is 84.9 cm³/mol. The highest BCUT2D eigenvalue weighted by Crippen LogP contribution is 2.18. The minimum Gasteiger partial charge on any atom is -0.497 e. The Balaban J connectivity index is 2.33. The molecule has 0 aliphatic carbocycles. The topological polar surface area (TPSA) is 88.1 Å². The summed E-state index contributed by atoms with van der Waals surface area (Å²) in [7, 11) is 1.56. The molecule has 7 nitrogen and oxygen atoms in total. The second kappa shape index (κ2) is 10.3. The van der Waals surface area contributed by atoms with Gasteiger partial charge in [0.15, 0.2) is 6.61 Å². The highest BCUT2D eigenvalue weighted by molar-refractivity contribution is 6.34. The molecule has 0 N–H and O–H groups in total. The lowest BCUT2D eigenvalue weighted by atomic mass is 10.2. The van der Waals surface area contributed by atoms with E-state index in [1.165, 1.54) is 0 Å². The third-order valence-corrected chi connectivity index (χ3v) is 2.88. The zero-order valence-electron chi connectivity index (χ0n) is 14.1. The van der Waals surface area contributed by atoms with Crippen molar-refractivity contribution in [1.82, 2.24) is 0 Å². The average Bonchev–Trinajstić information content (AvgIpc) is 2.58. The largest absolute Gasteiger partial charge is 0.497 e. The van der Waals surface area contributed by atoms with E-state index in [1.54, 1.807) is 38.3 Å². The number of Topliss-reactive ketones (excluding diaryl/α,β-unsaturated/α-hetero) is 1. The number of benzene rings is 1. The van der Waals surface area contributed by atoms with E-state index >= 15 is 0 Å². The SMILES string of the molecule is CCCOC(=O)C(=O)COC(=O)CC(C)Oc1ccc(OC)cc1. The summed E-state index contributed by atoms with van der Waals surface area (Å²) < 4.78 is 20.0. The molecule has 0 amide bonds. The van der Waals surface area contributed by atoms with Crippen molar-refractivity contribution in [2.24, 2.45) is 0 Å². The monoisotopic (exact) mass is 338 g/mol. The van der Waals surface area contributed by atoms with Crippen LogP contribution in [0.4, 0.5) is 0 Å². The van der Waals surface area contributed by atoms with Crippen LogP contribution in [-0.2, 0) is 23.9 Å². The molecular weight excluding hydrogens is 316 g/mol. The van der Waals surface area contributed by atoms with Crippen LogP contribution in [0.1, 0.15) is 26.7 Å². The van der Waals surface area contributed by atoms with Gasteiger partial charge in [-0.2, -0.15) is 0 Å². The molecule has 0 aliphatic rings. The Morgan fingerprint density at radius 1 is 1.04 bits per heavy atom. The first kappa shape index (κ1) is 19.5. The predicted octanol–water partition coefficient (Wildman–Crippen LogP) is 1.92. The molecular formula is C17H22O7. The molecule has 24 heavy (non-hydrogen) atoms. The molecule has 0 radical (unpaired) electrons. The second-order valence-electron chi connectivity index (χ2n) is 5.03. The summed E-state index contributed by atoms with van der Waals surface area (Å²) in [5, 5.41) is 0. The number of carbonyl (C=O) groups excluding carboxylic acids is 3. The molecule has 0 aromatic heterocycles. The van der Waals surface area contributed by atoms with Crippen LogP contribution < -0.4 is 9.47 Å². The standard InChI is InChI=1S/C17H22O7/c1-4-9-22-17(20)15(18)11-23-16(19)10-12(2)24-14-7-5-13(21-3)6-8-14/h5-8,12H,4,9-11H2,1-3H3. The van der Waals surface area contributed by atoms with Gasteiger partial charge in [-0.15, -0.1) is 0 Å². The van der Waals surface area contributed by atoms with E-state index < -0.39 is 30.4 Å². The summed E-state index contributed by atoms with van der Waals surface area (Å²) in [6.07, 6.45) is 0.107. The Morgan fingerprint density at radius 2 is 1.67 bits per heavy atom. The first-order valence-electron chi connectivity index (χ1n) is 7.62. The molecule has 1 aromatic rings. The number of hydrogen-bond acceptors (Lipinski definition) is 7. The second-order valence-corrected chi connectivity index (χ2v) is 5.03. The maximum atomic E-state index is 11.7. The number of esters is 2. The van der Waals surface area contributed by atoms with Crippen molar-refractivity contribution in [3.8, 4) is 11.5 Å². The molecule has 1 rings (SSSR count). The van der Waals surface area contributed by atoms with Crippen LogP contribution in [0.3, 0.4) is 0 Å². The van der Waals surface area contributed by atoms with E-state index in [1.807, 2.05) is 6.92 Å². The van der Waals surface area contributed by atoms with Gasteiger partial charge in [0.05, 0.1) is 20.1 Å². The van der Waals surface area contributed by atoms with Crippen molar-refractivity contribution >= 4 is 17.7 Å². The summed E-state index contributed by atoms with van der Waals surface area (Å²) in [5.74, 6) is -1.24. The van der Waals surface area contributed by atoms with Gasteiger partial charge in [-0.25, -0.2) is 4.79 Å². The molecule has 0 bridgehead atoms. The van der Waals surface area contributed by atoms with Gasteiger partial charge in [0, 0.05) is 0 Å². The minimum absolute atomic E-state index is 0.0523. The maximum Gasteiger partial charge on any atom is 0.378 e. The summed E-state index contributed by atoms with van der Waals surface area (Å²) in [4.78, 5) is 34.3. The first-order valence-corrected chi connectivity index (χ1v) is 7.62. The Hall–Kier alpha value is -2.57. The Kier molecular flexibility index (Phi) is 8.32. The maximum absolute atomic E-state index is 11.7. The van der Waals surface area contributed by atoms with E-state index in [-0.39, 0.29) is 13.0 Å². The normalized spacial score (nSPS) is 11.3. The summed E-state index contributed by atoms with van der Waals surface area (Å²) in [6, 6.07) is 6.91. The van der Waals surface area contributed by atoms with Crippen LogP contribution >= 0.6 is 0 Å². The van der Waals surface area contributed by atoms with Gasteiger partial charge >= 0.3 is 11.9 Å². The Morgan fingerprint density at radius 3 is 2.25 bits per heavy atom. The van der Waals surface area contributed by atoms with E-state index in [0.717, 1.165) is 0 Å². The molecule has 1 unspecified atom stereocenters. The molecule has 1 atom stereocenters. The molecule has 132 valence electrons. The lowest BCUT2D eigenvalue weighted by Crippen LogP contribution is -2.26. The van der Waals surface area contributed by atoms with Crippen LogP contribution in [0.5, 0.6) is 11.5 Å². The lowest BCUT2D eigenvalue weighted by Gasteiger charge is -2.14. The van der Waals surface area contributed by atoms with Gasteiger partial charge in [-0.1, -0.05) is 6.92 Å². The van der Waals surface area contributed by atoms with Crippen LogP contribution in [0.2, 0.25) is 0 Å². The summed E-state index contributed by atoms with van der Waals surface area (Å²) in [6.45, 7) is 3.03. The molecule has 0 fully saturated rings. The van der Waals surface area contributed by atoms with Gasteiger partial charge in [0.25, 0.3) is 5.78 Å². The van der Waals surface area contributed by atoms with Gasteiger partial charge in [0.1, 0.15) is 17.6 Å². The van der Waals surface area contributed by atoms with Crippen molar-refractivity contribution in [3.63, 3.8) is 0 Å². The Labute approximate surface area is 140 Å². The highest BCUT2D eigenvalue weighted by atomic mass is 16.6. The molecule has 0 heterocycles. The third-order valence-electron chi connectivity index (χ3n) is 2.88. The van der Waals surface area contributed by atoms with Gasteiger partial charge in [0.2, 0.25) is 0 Å². The van der Waals surface area contributed by atoms with Crippen molar-refractivity contribution in [2.75, 3.05) is 20.3 Å². The number of hydrogen-bond donors (Lipinski definition) is 0. The number of methoxy groups -OCH3 is 1. The fraction of sp³-hybridized carbons (Fsp3) is 0.471. The number of ketones is 1. The van der Waals surface area contributed by atoms with Crippen molar-refractivity contribution in [2.45, 2.75) is 32.8 Å². The molecule has 0 saturated heterocycles. The average molecular weight is 338 g/mol. The molecule has 1 aromatic carbocycles. The minimum atomic E-state index is -0.993. The van der Waals surface area contributed by atoms with Crippen LogP contribution in [0, 0.1) is 0 Å². The smallest absolute Gasteiger partial charge is 0.378 e. The first-order chi connectivity index (χ1) is 11.5. The van der Waals surface area contributed by atoms with Crippen molar-refractivity contribution < 1.29 is 33.3 Å². The quantitative estimate of drug-likeness (QED) is 0.475. The number of carbonyl (C=O) groups is 3. The van der Waals surface area contributed by atoms with Gasteiger partial charge in [-0.3, -0.25) is 9.59 Å². The fourth-order valence-corrected chi connectivity index (χ4v) is 1.70. The highest BCUT2D eigenvalue weighted by Gasteiger charge is 2.19. The van der Waals surface area contributed by atoms with E-state index in [9.17, 15) is 14.4 Å². The molecule has 0 saturated carbocycles. The molecule has 7 heteroatoms. The van der Waals surface area contributed by atoms with Gasteiger partial charge in [-0.05, 0) is 37.6 Å². The van der Waals surface area contributed by atoms with Gasteiger partial charge < -0.3 is 18.9 Å². The van der Waals surface area contributed by atoms with Crippen molar-refractivity contribution in [1.29, 1.82) is 0 Å². The molecule has 0 spiro atoms. The third kappa shape index (κ3) is 7.13. The molecule has 0 aliphatic heterocycles.